The number of carbonyl (C=O) groups excluding carboxylic acids is 2. The van der Waals surface area contributed by atoms with E-state index in [2.05, 4.69) is 20.4 Å². The second-order valence-electron chi connectivity index (χ2n) is 8.71. The van der Waals surface area contributed by atoms with E-state index in [-0.39, 0.29) is 51.5 Å². The zero-order chi connectivity index (χ0) is 28.1. The second kappa shape index (κ2) is 9.97. The summed E-state index contributed by atoms with van der Waals surface area (Å²) in [6.45, 7) is -0.436. The number of nitrogens with two attached hydrogens (primary N) is 1. The van der Waals surface area contributed by atoms with E-state index in [1.54, 1.807) is 0 Å². The predicted molar refractivity (Wildman–Crippen MR) is 134 cm³/mol. The maximum Gasteiger partial charge on any atom is 0.418 e. The number of amides is 2. The molecule has 1 saturated heterocycles. The molecule has 202 valence electrons. The third-order valence-electron chi connectivity index (χ3n) is 6.19. The lowest BCUT2D eigenvalue weighted by atomic mass is 10.1. The predicted octanol–water partition coefficient (Wildman–Crippen LogP) is 4.29. The van der Waals surface area contributed by atoms with E-state index in [9.17, 15) is 27.2 Å². The Morgan fingerprint density at radius 2 is 1.85 bits per heavy atom. The van der Waals surface area contributed by atoms with E-state index in [4.69, 9.17) is 28.9 Å². The molecule has 15 heteroatoms. The van der Waals surface area contributed by atoms with Crippen molar-refractivity contribution in [3.8, 4) is 11.3 Å². The Labute approximate surface area is 227 Å². The lowest BCUT2D eigenvalue weighted by Gasteiger charge is -2.17. The Hall–Kier alpha value is -3.97. The van der Waals surface area contributed by atoms with Crippen LogP contribution in [0.1, 0.15) is 26.4 Å². The Bertz CT molecular complexity index is 1610. The van der Waals surface area contributed by atoms with E-state index < -0.39 is 41.3 Å². The lowest BCUT2D eigenvalue weighted by Crippen LogP contribution is -2.42. The van der Waals surface area contributed by atoms with Crippen LogP contribution >= 0.6 is 23.2 Å². The van der Waals surface area contributed by atoms with Gasteiger partial charge in [-0.05, 0) is 30.3 Å². The van der Waals surface area contributed by atoms with Crippen molar-refractivity contribution in [3.63, 3.8) is 0 Å². The highest BCUT2D eigenvalue weighted by Gasteiger charge is 2.38. The van der Waals surface area contributed by atoms with Crippen LogP contribution in [0, 0.1) is 0 Å². The van der Waals surface area contributed by atoms with Crippen LogP contribution in [0.15, 0.2) is 48.9 Å². The van der Waals surface area contributed by atoms with E-state index in [1.165, 1.54) is 41.4 Å². The molecule has 4 heterocycles. The van der Waals surface area contributed by atoms with Crippen LogP contribution in [-0.4, -0.2) is 61.6 Å². The standard InChI is InChI=1S/C24H17Cl2F4N7O2/c25-12-3-4-32-17(6-12)23(39)36-8-16(27)18(9-36)35-22(38)13-5-11(1-2-15(13)26)19-7-14(24(28,29)30)20-21(31)33-10-34-37(19)20/h1-7,10,16,18H,8-9H2,(H,35,38)(H2,31,33,34)/t16-,18+/m0/s1. The molecule has 1 aliphatic heterocycles. The van der Waals surface area contributed by atoms with Gasteiger partial charge in [0.25, 0.3) is 11.8 Å². The fraction of sp³-hybridized carbons (Fsp3) is 0.208. The number of hydrogen-bond acceptors (Lipinski definition) is 6. The maximum atomic E-state index is 14.8. The number of nitrogen functional groups attached to an aromatic ring is 1. The van der Waals surface area contributed by atoms with Crippen molar-refractivity contribution in [2.75, 3.05) is 18.8 Å². The van der Waals surface area contributed by atoms with Crippen LogP contribution in [0.4, 0.5) is 23.4 Å². The Morgan fingerprint density at radius 3 is 2.56 bits per heavy atom. The summed E-state index contributed by atoms with van der Waals surface area (Å²) in [6.07, 6.45) is -4.00. The molecule has 0 unspecified atom stereocenters. The van der Waals surface area contributed by atoms with Gasteiger partial charge in [-0.3, -0.25) is 14.6 Å². The molecule has 39 heavy (non-hydrogen) atoms. The van der Waals surface area contributed by atoms with Crippen molar-refractivity contribution in [1.29, 1.82) is 0 Å². The maximum absolute atomic E-state index is 14.8. The van der Waals surface area contributed by atoms with Crippen LogP contribution in [0.25, 0.3) is 16.8 Å². The molecule has 9 nitrogen and oxygen atoms in total. The fourth-order valence-electron chi connectivity index (χ4n) is 4.34. The summed E-state index contributed by atoms with van der Waals surface area (Å²) in [5.74, 6) is -1.72. The smallest absolute Gasteiger partial charge is 0.382 e. The van der Waals surface area contributed by atoms with Crippen molar-refractivity contribution in [2.24, 2.45) is 0 Å². The number of rotatable bonds is 4. The summed E-state index contributed by atoms with van der Waals surface area (Å²) in [6, 6.07) is 6.60. The fourth-order valence-corrected chi connectivity index (χ4v) is 4.71. The molecule has 3 aromatic heterocycles. The van der Waals surface area contributed by atoms with Gasteiger partial charge in [-0.15, -0.1) is 0 Å². The van der Waals surface area contributed by atoms with Gasteiger partial charge in [0.2, 0.25) is 0 Å². The summed E-state index contributed by atoms with van der Waals surface area (Å²) < 4.78 is 56.9. The number of hydrogen-bond donors (Lipinski definition) is 2. The highest BCUT2D eigenvalue weighted by Crippen LogP contribution is 2.39. The van der Waals surface area contributed by atoms with Gasteiger partial charge in [-0.25, -0.2) is 13.9 Å². The quantitative estimate of drug-likeness (QED) is 0.347. The minimum absolute atomic E-state index is 0.0211. The molecule has 0 spiro atoms. The van der Waals surface area contributed by atoms with Crippen molar-refractivity contribution in [1.82, 2.24) is 29.8 Å². The number of fused-ring (bicyclic) bond motifs is 1. The summed E-state index contributed by atoms with van der Waals surface area (Å²) in [5, 5.41) is 6.67. The van der Waals surface area contributed by atoms with Gasteiger partial charge >= 0.3 is 6.18 Å². The molecule has 0 bridgehead atoms. The average Bonchev–Trinajstić information content (AvgIpc) is 3.45. The number of alkyl halides is 4. The number of nitrogens with zero attached hydrogens (tertiary/aromatic N) is 5. The molecular weight excluding hydrogens is 565 g/mol. The van der Waals surface area contributed by atoms with Gasteiger partial charge in [-0.2, -0.15) is 18.3 Å². The van der Waals surface area contributed by atoms with Gasteiger partial charge in [0.05, 0.1) is 34.4 Å². The number of benzene rings is 1. The molecule has 0 radical (unpaired) electrons. The Morgan fingerprint density at radius 1 is 1.08 bits per heavy atom. The summed E-state index contributed by atoms with van der Waals surface area (Å²) in [5.41, 5.74) is 4.26. The first-order valence-electron chi connectivity index (χ1n) is 11.3. The summed E-state index contributed by atoms with van der Waals surface area (Å²) in [4.78, 5) is 34.6. The van der Waals surface area contributed by atoms with Gasteiger partial charge in [0.1, 0.15) is 23.7 Å². The van der Waals surface area contributed by atoms with Gasteiger partial charge in [0.15, 0.2) is 5.82 Å². The van der Waals surface area contributed by atoms with E-state index >= 15 is 0 Å². The molecule has 2 amide bonds. The lowest BCUT2D eigenvalue weighted by molar-refractivity contribution is -0.136. The van der Waals surface area contributed by atoms with Crippen molar-refractivity contribution in [2.45, 2.75) is 18.4 Å². The first kappa shape index (κ1) is 26.6. The highest BCUT2D eigenvalue weighted by atomic mass is 35.5. The molecule has 5 rings (SSSR count). The minimum Gasteiger partial charge on any atom is -0.382 e. The third-order valence-corrected chi connectivity index (χ3v) is 6.75. The molecule has 1 fully saturated rings. The van der Waals surface area contributed by atoms with E-state index in [0.29, 0.717) is 0 Å². The molecule has 4 aromatic rings. The molecule has 3 N–H and O–H groups in total. The largest absolute Gasteiger partial charge is 0.418 e. The first-order valence-corrected chi connectivity index (χ1v) is 12.0. The van der Waals surface area contributed by atoms with Crippen LogP contribution in [-0.2, 0) is 6.18 Å². The van der Waals surface area contributed by atoms with Crippen molar-refractivity contribution in [3.05, 3.63) is 75.8 Å². The number of likely N-dealkylation sites (tertiary alicyclic amines) is 1. The molecule has 2 atom stereocenters. The summed E-state index contributed by atoms with van der Waals surface area (Å²) in [7, 11) is 0. The van der Waals surface area contributed by atoms with Crippen LogP contribution < -0.4 is 11.1 Å². The zero-order valence-corrected chi connectivity index (χ0v) is 21.1. The molecular formula is C24H17Cl2F4N7O2. The average molecular weight is 582 g/mol. The summed E-state index contributed by atoms with van der Waals surface area (Å²) >= 11 is 12.1. The Kier molecular flexibility index (Phi) is 6.81. The van der Waals surface area contributed by atoms with E-state index in [1.807, 2.05) is 0 Å². The zero-order valence-electron chi connectivity index (χ0n) is 19.6. The normalized spacial score (nSPS) is 17.5. The van der Waals surface area contributed by atoms with Crippen molar-refractivity contribution < 1.29 is 27.2 Å². The number of anilines is 1. The van der Waals surface area contributed by atoms with Gasteiger partial charge in [-0.1, -0.05) is 29.3 Å². The number of aromatic nitrogens is 4. The van der Waals surface area contributed by atoms with Gasteiger partial charge in [0, 0.05) is 23.3 Å². The SMILES string of the molecule is Nc1ncnn2c(-c3ccc(Cl)c(C(=O)N[C@@H]4CN(C(=O)c5cc(Cl)ccn5)C[C@@H]4F)c3)cc(C(F)(F)F)c12. The van der Waals surface area contributed by atoms with Crippen LogP contribution in [0.3, 0.4) is 0 Å². The first-order chi connectivity index (χ1) is 18.4. The van der Waals surface area contributed by atoms with Crippen molar-refractivity contribution >= 4 is 46.4 Å². The minimum atomic E-state index is -4.75. The number of nitrogens with one attached hydrogen (secondary N) is 1. The number of pyridine rings is 1. The van der Waals surface area contributed by atoms with Crippen LogP contribution in [0.5, 0.6) is 0 Å². The molecule has 0 saturated carbocycles. The third kappa shape index (κ3) is 5.06. The highest BCUT2D eigenvalue weighted by molar-refractivity contribution is 6.34. The molecule has 1 aliphatic rings. The number of carbonyl (C=O) groups is 2. The van der Waals surface area contributed by atoms with Gasteiger partial charge < -0.3 is 16.0 Å². The monoisotopic (exact) mass is 581 g/mol. The molecule has 0 aliphatic carbocycles. The topological polar surface area (TPSA) is 119 Å². The van der Waals surface area contributed by atoms with Crippen LogP contribution in [0.2, 0.25) is 10.0 Å². The second-order valence-corrected chi connectivity index (χ2v) is 9.55. The molecule has 1 aromatic carbocycles. The Balaban J connectivity index is 1.41. The van der Waals surface area contributed by atoms with E-state index in [0.717, 1.165) is 16.9 Å². The number of halogens is 6.